The van der Waals surface area contributed by atoms with Gasteiger partial charge in [-0.2, -0.15) is 0 Å². The molecule has 30 heavy (non-hydrogen) atoms. The number of fused-ring (bicyclic) bond motifs is 1. The maximum atomic E-state index is 14.1. The van der Waals surface area contributed by atoms with Crippen LogP contribution in [0.1, 0.15) is 15.9 Å². The van der Waals surface area contributed by atoms with Crippen LogP contribution in [0.3, 0.4) is 0 Å². The summed E-state index contributed by atoms with van der Waals surface area (Å²) in [4.78, 5) is 29.8. The number of carbonyl (C=O) groups is 1. The van der Waals surface area contributed by atoms with Gasteiger partial charge in [-0.05, 0) is 42.0 Å². The molecule has 7 heteroatoms. The van der Waals surface area contributed by atoms with Crippen LogP contribution >= 0.6 is 11.8 Å². The van der Waals surface area contributed by atoms with Crippen LogP contribution in [0.25, 0.3) is 16.6 Å². The Kier molecular flexibility index (Phi) is 5.63. The third-order valence-electron chi connectivity index (χ3n) is 4.59. The molecule has 1 heterocycles. The van der Waals surface area contributed by atoms with Gasteiger partial charge in [0, 0.05) is 5.75 Å². The van der Waals surface area contributed by atoms with E-state index in [2.05, 4.69) is 4.98 Å². The minimum absolute atomic E-state index is 0.265. The lowest BCUT2D eigenvalue weighted by Gasteiger charge is -2.14. The number of hydrogen-bond donors (Lipinski definition) is 0. The first kappa shape index (κ1) is 19.8. The zero-order chi connectivity index (χ0) is 21.1. The number of hydrogen-bond acceptors (Lipinski definition) is 5. The fraction of sp³-hybridized carbons (Fsp3) is 0.0870. The van der Waals surface area contributed by atoms with E-state index in [0.29, 0.717) is 38.6 Å². The molecule has 5 nitrogen and oxygen atoms in total. The van der Waals surface area contributed by atoms with Crippen LogP contribution < -0.4 is 5.56 Å². The Morgan fingerprint density at radius 2 is 1.80 bits per heavy atom. The standard InChI is InChI=1S/C23H17FN2O3S/c1-29-22(28)15-11-12-18-20(13-15)25-23(30-14-16-7-5-6-10-19(16)24)26(21(18)27)17-8-3-2-4-9-17/h2-13H,14H2,1H3. The second kappa shape index (κ2) is 8.51. The number of ether oxygens (including phenoxy) is 1. The van der Waals surface area contributed by atoms with Crippen molar-refractivity contribution in [1.82, 2.24) is 9.55 Å². The highest BCUT2D eigenvalue weighted by Gasteiger charge is 2.16. The number of thioether (sulfide) groups is 1. The molecule has 0 saturated carbocycles. The summed E-state index contributed by atoms with van der Waals surface area (Å²) < 4.78 is 20.3. The van der Waals surface area contributed by atoms with E-state index in [1.54, 1.807) is 30.3 Å². The molecule has 0 radical (unpaired) electrons. The lowest BCUT2D eigenvalue weighted by atomic mass is 10.1. The first-order valence-corrected chi connectivity index (χ1v) is 10.1. The normalized spacial score (nSPS) is 10.9. The quantitative estimate of drug-likeness (QED) is 0.268. The molecule has 0 fully saturated rings. The van der Waals surface area contributed by atoms with Gasteiger partial charge < -0.3 is 4.74 Å². The van der Waals surface area contributed by atoms with Crippen LogP contribution in [0, 0.1) is 5.82 Å². The second-order valence-corrected chi connectivity index (χ2v) is 7.42. The lowest BCUT2D eigenvalue weighted by molar-refractivity contribution is 0.0601. The van der Waals surface area contributed by atoms with E-state index in [-0.39, 0.29) is 11.4 Å². The van der Waals surface area contributed by atoms with E-state index >= 15 is 0 Å². The molecular weight excluding hydrogens is 403 g/mol. The SMILES string of the molecule is COC(=O)c1ccc2c(=O)n(-c3ccccc3)c(SCc3ccccc3F)nc2c1. The fourth-order valence-electron chi connectivity index (χ4n) is 3.07. The molecule has 0 aliphatic carbocycles. The topological polar surface area (TPSA) is 61.2 Å². The summed E-state index contributed by atoms with van der Waals surface area (Å²) in [6.07, 6.45) is 0. The van der Waals surface area contributed by atoms with Gasteiger partial charge in [0.15, 0.2) is 5.16 Å². The van der Waals surface area contributed by atoms with Crippen LogP contribution in [-0.2, 0) is 10.5 Å². The van der Waals surface area contributed by atoms with Gasteiger partial charge in [0.05, 0.1) is 29.3 Å². The van der Waals surface area contributed by atoms with Crippen LogP contribution in [0.2, 0.25) is 0 Å². The predicted molar refractivity (Wildman–Crippen MR) is 115 cm³/mol. The van der Waals surface area contributed by atoms with Gasteiger partial charge in [0.25, 0.3) is 5.56 Å². The largest absolute Gasteiger partial charge is 0.465 e. The molecule has 0 aliphatic heterocycles. The van der Waals surface area contributed by atoms with Gasteiger partial charge in [0.2, 0.25) is 0 Å². The molecule has 150 valence electrons. The van der Waals surface area contributed by atoms with Crippen molar-refractivity contribution in [2.45, 2.75) is 10.9 Å². The molecule has 0 bridgehead atoms. The van der Waals surface area contributed by atoms with Gasteiger partial charge in [-0.25, -0.2) is 14.2 Å². The van der Waals surface area contributed by atoms with Crippen molar-refractivity contribution in [2.75, 3.05) is 7.11 Å². The number of nitrogens with zero attached hydrogens (tertiary/aromatic N) is 2. The molecule has 4 rings (SSSR count). The van der Waals surface area contributed by atoms with E-state index in [4.69, 9.17) is 4.74 Å². The number of methoxy groups -OCH3 is 1. The Labute approximate surface area is 176 Å². The first-order chi connectivity index (χ1) is 14.6. The zero-order valence-corrected chi connectivity index (χ0v) is 16.9. The zero-order valence-electron chi connectivity index (χ0n) is 16.0. The van der Waals surface area contributed by atoms with E-state index in [9.17, 15) is 14.0 Å². The minimum atomic E-state index is -0.508. The summed E-state index contributed by atoms with van der Waals surface area (Å²) in [5.41, 5.74) is 1.59. The van der Waals surface area contributed by atoms with Crippen LogP contribution in [0.15, 0.2) is 82.7 Å². The fourth-order valence-corrected chi connectivity index (χ4v) is 4.07. The summed E-state index contributed by atoms with van der Waals surface area (Å²) in [5.74, 6) is -0.521. The van der Waals surface area contributed by atoms with Crippen molar-refractivity contribution < 1.29 is 13.9 Å². The summed E-state index contributed by atoms with van der Waals surface area (Å²) in [7, 11) is 1.29. The number of carbonyl (C=O) groups excluding carboxylic acids is 1. The second-order valence-electron chi connectivity index (χ2n) is 6.47. The molecule has 0 N–H and O–H groups in total. The van der Waals surface area contributed by atoms with Gasteiger partial charge in [-0.1, -0.05) is 48.2 Å². The molecule has 0 aliphatic rings. The van der Waals surface area contributed by atoms with Crippen molar-refractivity contribution in [3.05, 3.63) is 100 Å². The number of benzene rings is 3. The molecule has 0 atom stereocenters. The summed E-state index contributed by atoms with van der Waals surface area (Å²) >= 11 is 1.25. The van der Waals surface area contributed by atoms with Crippen molar-refractivity contribution >= 4 is 28.6 Å². The molecule has 0 unspecified atom stereocenters. The summed E-state index contributed by atoms with van der Waals surface area (Å²) in [6, 6.07) is 20.3. The van der Waals surface area contributed by atoms with Crippen molar-refractivity contribution in [3.8, 4) is 5.69 Å². The smallest absolute Gasteiger partial charge is 0.337 e. The average Bonchev–Trinajstić information content (AvgIpc) is 2.78. The summed E-state index contributed by atoms with van der Waals surface area (Å²) in [6.45, 7) is 0. The van der Waals surface area contributed by atoms with Crippen molar-refractivity contribution in [2.24, 2.45) is 0 Å². The molecule has 0 amide bonds. The van der Waals surface area contributed by atoms with Gasteiger partial charge >= 0.3 is 5.97 Å². The van der Waals surface area contributed by atoms with E-state index in [1.165, 1.54) is 35.6 Å². The molecule has 1 aromatic heterocycles. The average molecular weight is 420 g/mol. The van der Waals surface area contributed by atoms with E-state index in [1.807, 2.05) is 30.3 Å². The molecule has 0 saturated heterocycles. The Balaban J connectivity index is 1.87. The monoisotopic (exact) mass is 420 g/mol. The third-order valence-corrected chi connectivity index (χ3v) is 5.58. The molecular formula is C23H17FN2O3S. The third kappa shape index (κ3) is 3.84. The number of aromatic nitrogens is 2. The highest BCUT2D eigenvalue weighted by Crippen LogP contribution is 2.26. The van der Waals surface area contributed by atoms with Crippen LogP contribution in [-0.4, -0.2) is 22.6 Å². The van der Waals surface area contributed by atoms with E-state index in [0.717, 1.165) is 0 Å². The number of para-hydroxylation sites is 1. The highest BCUT2D eigenvalue weighted by atomic mass is 32.2. The van der Waals surface area contributed by atoms with Crippen LogP contribution in [0.5, 0.6) is 0 Å². The first-order valence-electron chi connectivity index (χ1n) is 9.15. The Morgan fingerprint density at radius 3 is 2.53 bits per heavy atom. The van der Waals surface area contributed by atoms with Crippen LogP contribution in [0.4, 0.5) is 4.39 Å². The maximum Gasteiger partial charge on any atom is 0.337 e. The van der Waals surface area contributed by atoms with Crippen molar-refractivity contribution in [1.29, 1.82) is 0 Å². The van der Waals surface area contributed by atoms with Gasteiger partial charge in [-0.15, -0.1) is 0 Å². The lowest BCUT2D eigenvalue weighted by Crippen LogP contribution is -2.22. The number of rotatable bonds is 5. The number of halogens is 1. The maximum absolute atomic E-state index is 14.1. The van der Waals surface area contributed by atoms with Gasteiger partial charge in [-0.3, -0.25) is 9.36 Å². The minimum Gasteiger partial charge on any atom is -0.465 e. The predicted octanol–water partition coefficient (Wildman–Crippen LogP) is 4.60. The summed E-state index contributed by atoms with van der Waals surface area (Å²) in [5, 5.41) is 0.783. The molecule has 4 aromatic rings. The Morgan fingerprint density at radius 1 is 1.07 bits per heavy atom. The van der Waals surface area contributed by atoms with E-state index < -0.39 is 5.97 Å². The van der Waals surface area contributed by atoms with Crippen molar-refractivity contribution in [3.63, 3.8) is 0 Å². The molecule has 0 spiro atoms. The Hall–Kier alpha value is -3.45. The molecule has 3 aromatic carbocycles. The van der Waals surface area contributed by atoms with Gasteiger partial charge in [0.1, 0.15) is 5.82 Å². The Bertz CT molecular complexity index is 1290. The highest BCUT2D eigenvalue weighted by molar-refractivity contribution is 7.98. The number of esters is 1.